The molecule has 7 heteroatoms. The van der Waals surface area contributed by atoms with Crippen LogP contribution in [0.2, 0.25) is 0 Å². The van der Waals surface area contributed by atoms with Crippen molar-refractivity contribution in [2.45, 2.75) is 44.7 Å². The molecule has 6 nitrogen and oxygen atoms in total. The Morgan fingerprint density at radius 3 is 2.82 bits per heavy atom. The molecule has 2 amide bonds. The normalized spacial score (nSPS) is 24.1. The third-order valence-corrected chi connectivity index (χ3v) is 7.08. The molecule has 2 N–H and O–H groups in total. The summed E-state index contributed by atoms with van der Waals surface area (Å²) in [6.45, 7) is 6.25. The van der Waals surface area contributed by atoms with Gasteiger partial charge in [-0.2, -0.15) is 0 Å². The van der Waals surface area contributed by atoms with Crippen molar-refractivity contribution in [2.75, 3.05) is 26.7 Å². The van der Waals surface area contributed by atoms with Gasteiger partial charge in [-0.25, -0.2) is 4.79 Å². The lowest BCUT2D eigenvalue weighted by atomic mass is 9.73. The van der Waals surface area contributed by atoms with Gasteiger partial charge in [0.05, 0.1) is 4.60 Å². The fourth-order valence-corrected chi connectivity index (χ4v) is 5.60. The van der Waals surface area contributed by atoms with Crippen molar-refractivity contribution in [3.05, 3.63) is 33.4 Å². The Bertz CT molecular complexity index is 921. The van der Waals surface area contributed by atoms with Gasteiger partial charge in [-0.05, 0) is 72.9 Å². The van der Waals surface area contributed by atoms with E-state index in [1.54, 1.807) is 0 Å². The molecule has 0 saturated carbocycles. The van der Waals surface area contributed by atoms with Gasteiger partial charge in [0, 0.05) is 54.1 Å². The summed E-state index contributed by atoms with van der Waals surface area (Å²) in [4.78, 5) is 31.7. The van der Waals surface area contributed by atoms with Gasteiger partial charge in [0.15, 0.2) is 0 Å². The summed E-state index contributed by atoms with van der Waals surface area (Å²) in [5, 5.41) is 4.47. The lowest BCUT2D eigenvalue weighted by molar-refractivity contribution is 0.112. The van der Waals surface area contributed by atoms with Crippen LogP contribution < -0.4 is 5.32 Å². The Kier molecular flexibility index (Phi) is 5.22. The summed E-state index contributed by atoms with van der Waals surface area (Å²) in [6.07, 6.45) is 2.77. The van der Waals surface area contributed by atoms with Crippen LogP contribution in [0.1, 0.15) is 47.7 Å². The van der Waals surface area contributed by atoms with Crippen molar-refractivity contribution >= 4 is 39.2 Å². The van der Waals surface area contributed by atoms with E-state index in [-0.39, 0.29) is 12.1 Å². The summed E-state index contributed by atoms with van der Waals surface area (Å²) in [5.41, 5.74) is 4.22. The fourth-order valence-electron chi connectivity index (χ4n) is 5.03. The smallest absolute Gasteiger partial charge is 0.317 e. The first-order valence-corrected chi connectivity index (χ1v) is 10.8. The number of halogens is 1. The average Bonchev–Trinajstić information content (AvgIpc) is 2.99. The molecule has 0 radical (unpaired) electrons. The Morgan fingerprint density at radius 1 is 1.39 bits per heavy atom. The zero-order chi connectivity index (χ0) is 20.0. The Morgan fingerprint density at radius 2 is 2.14 bits per heavy atom. The van der Waals surface area contributed by atoms with Gasteiger partial charge >= 0.3 is 6.03 Å². The van der Waals surface area contributed by atoms with Gasteiger partial charge in [0.25, 0.3) is 0 Å². The van der Waals surface area contributed by atoms with Gasteiger partial charge in [0.1, 0.15) is 6.29 Å². The van der Waals surface area contributed by atoms with Crippen LogP contribution in [0.5, 0.6) is 0 Å². The fraction of sp³-hybridized carbons (Fsp3) is 0.524. The second kappa shape index (κ2) is 7.52. The van der Waals surface area contributed by atoms with E-state index < -0.39 is 0 Å². The number of aromatic nitrogens is 1. The Hall–Kier alpha value is -1.86. The minimum absolute atomic E-state index is 0.00882. The molecule has 1 saturated heterocycles. The van der Waals surface area contributed by atoms with Crippen LogP contribution in [-0.4, -0.2) is 65.9 Å². The van der Waals surface area contributed by atoms with E-state index in [9.17, 15) is 9.59 Å². The quantitative estimate of drug-likeness (QED) is 0.705. The molecule has 28 heavy (non-hydrogen) atoms. The van der Waals surface area contributed by atoms with Crippen LogP contribution in [0, 0.1) is 0 Å². The van der Waals surface area contributed by atoms with Gasteiger partial charge < -0.3 is 20.1 Å². The van der Waals surface area contributed by atoms with Crippen LogP contribution in [0.4, 0.5) is 4.79 Å². The number of piperidine rings is 1. The number of rotatable bonds is 4. The molecule has 2 aromatic rings. The number of hydrogen-bond donors (Lipinski definition) is 2. The van der Waals surface area contributed by atoms with Crippen molar-refractivity contribution in [2.24, 2.45) is 0 Å². The van der Waals surface area contributed by atoms with E-state index in [0.717, 1.165) is 35.8 Å². The van der Waals surface area contributed by atoms with Crippen molar-refractivity contribution < 1.29 is 9.59 Å². The molecule has 2 heterocycles. The van der Waals surface area contributed by atoms with Crippen molar-refractivity contribution in [3.63, 3.8) is 0 Å². The highest BCUT2D eigenvalue weighted by Gasteiger charge is 2.41. The number of amides is 2. The van der Waals surface area contributed by atoms with Crippen molar-refractivity contribution in [1.29, 1.82) is 0 Å². The summed E-state index contributed by atoms with van der Waals surface area (Å²) in [7, 11) is 2.14. The van der Waals surface area contributed by atoms with E-state index in [4.69, 9.17) is 0 Å². The predicted octanol–water partition coefficient (Wildman–Crippen LogP) is 3.51. The standard InChI is InChI=1S/C21H27BrN4O2/c1-4-26(5-2)21(28)23-13-8-14-15-6-12(11-27)7-17-19(15)16(20(22)24-17)9-18(14)25(3)10-13/h6-7,11,13-14,18,24H,4-5,8-10H2,1-3H3,(H,23,28)/t13-,14+,18+/m0/s1. The monoisotopic (exact) mass is 446 g/mol. The molecule has 2 aliphatic rings. The number of fused-ring (bicyclic) bond motifs is 2. The summed E-state index contributed by atoms with van der Waals surface area (Å²) in [5.74, 6) is 0.290. The Labute approximate surface area is 173 Å². The van der Waals surface area contributed by atoms with Gasteiger partial charge in [-0.3, -0.25) is 4.79 Å². The third-order valence-electron chi connectivity index (χ3n) is 6.41. The summed E-state index contributed by atoms with van der Waals surface area (Å²) >= 11 is 3.67. The molecule has 1 aromatic carbocycles. The highest BCUT2D eigenvalue weighted by molar-refractivity contribution is 9.10. The Balaban J connectivity index is 1.69. The molecular weight excluding hydrogens is 420 g/mol. The summed E-state index contributed by atoms with van der Waals surface area (Å²) in [6, 6.07) is 4.43. The first-order valence-electron chi connectivity index (χ1n) is 10.0. The first-order chi connectivity index (χ1) is 13.5. The number of aldehydes is 1. The molecule has 1 fully saturated rings. The number of nitrogens with one attached hydrogen (secondary N) is 2. The molecule has 0 bridgehead atoms. The number of hydrogen-bond acceptors (Lipinski definition) is 3. The van der Waals surface area contributed by atoms with Gasteiger partial charge in [-0.1, -0.05) is 0 Å². The predicted molar refractivity (Wildman–Crippen MR) is 114 cm³/mol. The van der Waals surface area contributed by atoms with E-state index in [0.29, 0.717) is 30.6 Å². The zero-order valence-electron chi connectivity index (χ0n) is 16.6. The van der Waals surface area contributed by atoms with Crippen molar-refractivity contribution in [3.8, 4) is 0 Å². The van der Waals surface area contributed by atoms with E-state index in [2.05, 4.69) is 38.2 Å². The lowest BCUT2D eigenvalue weighted by Gasteiger charge is -2.46. The zero-order valence-corrected chi connectivity index (χ0v) is 18.2. The largest absolute Gasteiger partial charge is 0.349 e. The maximum Gasteiger partial charge on any atom is 0.317 e. The topological polar surface area (TPSA) is 68.4 Å². The minimum atomic E-state index is 0.00882. The van der Waals surface area contributed by atoms with Crippen LogP contribution in [-0.2, 0) is 6.42 Å². The molecule has 1 aromatic heterocycles. The number of carbonyl (C=O) groups excluding carboxylic acids is 2. The van der Waals surface area contributed by atoms with E-state index in [1.165, 1.54) is 16.5 Å². The molecular formula is C21H27BrN4O2. The maximum absolute atomic E-state index is 12.6. The number of aromatic amines is 1. The number of likely N-dealkylation sites (N-methyl/N-ethyl adjacent to an activating group) is 1. The molecule has 4 rings (SSSR count). The number of benzene rings is 1. The number of carbonyl (C=O) groups is 2. The molecule has 3 atom stereocenters. The molecule has 0 unspecified atom stereocenters. The second-order valence-electron chi connectivity index (χ2n) is 7.94. The average molecular weight is 447 g/mol. The molecule has 150 valence electrons. The third kappa shape index (κ3) is 3.14. The minimum Gasteiger partial charge on any atom is -0.349 e. The number of urea groups is 1. The molecule has 1 aliphatic heterocycles. The van der Waals surface area contributed by atoms with E-state index >= 15 is 0 Å². The lowest BCUT2D eigenvalue weighted by Crippen LogP contribution is -2.56. The highest BCUT2D eigenvalue weighted by atomic mass is 79.9. The van der Waals surface area contributed by atoms with Gasteiger partial charge in [-0.15, -0.1) is 0 Å². The van der Waals surface area contributed by atoms with Crippen LogP contribution >= 0.6 is 15.9 Å². The second-order valence-corrected chi connectivity index (χ2v) is 8.73. The maximum atomic E-state index is 12.6. The summed E-state index contributed by atoms with van der Waals surface area (Å²) < 4.78 is 1.01. The number of likely N-dealkylation sites (tertiary alicyclic amines) is 1. The van der Waals surface area contributed by atoms with Crippen molar-refractivity contribution in [1.82, 2.24) is 20.1 Å². The number of H-pyrrole nitrogens is 1. The number of nitrogens with zero attached hydrogens (tertiary/aromatic N) is 2. The van der Waals surface area contributed by atoms with E-state index in [1.807, 2.05) is 30.9 Å². The SMILES string of the molecule is CCN(CC)C(=O)N[C@H]1C[C@@H]2c3cc(C=O)cc4[nH]c(Br)c(c34)C[C@H]2N(C)C1. The molecule has 0 spiro atoms. The van der Waals surface area contributed by atoms with Crippen LogP contribution in [0.3, 0.4) is 0 Å². The first kappa shape index (κ1) is 19.5. The highest BCUT2D eigenvalue weighted by Crippen LogP contribution is 2.45. The van der Waals surface area contributed by atoms with Gasteiger partial charge in [0.2, 0.25) is 0 Å². The van der Waals surface area contributed by atoms with Crippen LogP contribution in [0.25, 0.3) is 10.9 Å². The van der Waals surface area contributed by atoms with Crippen LogP contribution in [0.15, 0.2) is 16.7 Å². The molecule has 1 aliphatic carbocycles.